The van der Waals surface area contributed by atoms with Gasteiger partial charge in [-0.15, -0.1) is 0 Å². The molecule has 2 aromatic rings. The Kier molecular flexibility index (Phi) is 2.88. The molecule has 1 aliphatic rings. The van der Waals surface area contributed by atoms with E-state index >= 15 is 0 Å². The number of rotatable bonds is 3. The van der Waals surface area contributed by atoms with Gasteiger partial charge < -0.3 is 15.8 Å². The third-order valence-corrected chi connectivity index (χ3v) is 3.28. The summed E-state index contributed by atoms with van der Waals surface area (Å²) in [5.74, 6) is 0.749. The van der Waals surface area contributed by atoms with E-state index in [0.29, 0.717) is 5.69 Å². The van der Waals surface area contributed by atoms with Gasteiger partial charge in [-0.2, -0.15) is 0 Å². The third-order valence-electron chi connectivity index (χ3n) is 3.28. The van der Waals surface area contributed by atoms with Crippen molar-refractivity contribution in [3.8, 4) is 5.75 Å². The number of benzene rings is 2. The number of methoxy groups -OCH3 is 1. The van der Waals surface area contributed by atoms with Gasteiger partial charge in [0.2, 0.25) is 0 Å². The van der Waals surface area contributed by atoms with Gasteiger partial charge in [-0.1, -0.05) is 18.2 Å². The highest BCUT2D eigenvalue weighted by Crippen LogP contribution is 2.31. The predicted octanol–water partition coefficient (Wildman–Crippen LogP) is 3.59. The zero-order valence-electron chi connectivity index (χ0n) is 10.8. The zero-order valence-corrected chi connectivity index (χ0v) is 10.8. The van der Waals surface area contributed by atoms with Crippen molar-refractivity contribution in [2.75, 3.05) is 18.2 Å². The number of nitrogens with one attached hydrogen (secondary N) is 1. The zero-order chi connectivity index (χ0) is 13.2. The van der Waals surface area contributed by atoms with E-state index in [1.165, 1.54) is 11.1 Å². The van der Waals surface area contributed by atoms with E-state index < -0.39 is 0 Å². The summed E-state index contributed by atoms with van der Waals surface area (Å²) in [5.41, 5.74) is 11.1. The molecule has 1 aliphatic carbocycles. The molecule has 0 aromatic heterocycles. The molecule has 2 aromatic carbocycles. The van der Waals surface area contributed by atoms with Crippen molar-refractivity contribution in [2.45, 2.75) is 6.42 Å². The molecule has 0 fully saturated rings. The summed E-state index contributed by atoms with van der Waals surface area (Å²) < 4.78 is 5.34. The molecule has 0 bridgehead atoms. The molecule has 19 heavy (non-hydrogen) atoms. The summed E-state index contributed by atoms with van der Waals surface area (Å²) in [6.07, 6.45) is 5.34. The summed E-state index contributed by atoms with van der Waals surface area (Å²) in [7, 11) is 1.65. The van der Waals surface area contributed by atoms with Crippen LogP contribution in [-0.4, -0.2) is 7.11 Å². The van der Waals surface area contributed by atoms with Crippen LogP contribution in [0.4, 0.5) is 17.1 Å². The smallest absolute Gasteiger partial charge is 0.144 e. The van der Waals surface area contributed by atoms with Gasteiger partial charge in [0.1, 0.15) is 5.75 Å². The largest absolute Gasteiger partial charge is 0.494 e. The van der Waals surface area contributed by atoms with E-state index in [2.05, 4.69) is 35.7 Å². The van der Waals surface area contributed by atoms with Crippen LogP contribution < -0.4 is 15.8 Å². The number of anilines is 3. The standard InChI is InChI=1S/C16H16N2O/c1-19-16-10-13(17)6-8-15(16)18-14-7-5-11-3-2-4-12(11)9-14/h2-3,5-10,18H,4,17H2,1H3. The van der Waals surface area contributed by atoms with E-state index in [-0.39, 0.29) is 0 Å². The number of hydrogen-bond acceptors (Lipinski definition) is 3. The average molecular weight is 252 g/mol. The van der Waals surface area contributed by atoms with Crippen molar-refractivity contribution in [1.82, 2.24) is 0 Å². The first-order valence-corrected chi connectivity index (χ1v) is 6.26. The first-order valence-electron chi connectivity index (χ1n) is 6.26. The number of hydrogen-bond donors (Lipinski definition) is 2. The van der Waals surface area contributed by atoms with E-state index in [9.17, 15) is 0 Å². The summed E-state index contributed by atoms with van der Waals surface area (Å²) in [6, 6.07) is 12.0. The molecule has 3 heteroatoms. The number of fused-ring (bicyclic) bond motifs is 1. The van der Waals surface area contributed by atoms with Crippen LogP contribution in [0.2, 0.25) is 0 Å². The summed E-state index contributed by atoms with van der Waals surface area (Å²) in [4.78, 5) is 0. The Bertz CT molecular complexity index is 647. The quantitative estimate of drug-likeness (QED) is 0.821. The lowest BCUT2D eigenvalue weighted by Gasteiger charge is -2.12. The van der Waals surface area contributed by atoms with Crippen LogP contribution in [0.1, 0.15) is 11.1 Å². The van der Waals surface area contributed by atoms with Crippen molar-refractivity contribution < 1.29 is 4.74 Å². The molecule has 0 spiro atoms. The van der Waals surface area contributed by atoms with Crippen LogP contribution in [0.5, 0.6) is 5.75 Å². The number of nitrogen functional groups attached to an aromatic ring is 1. The van der Waals surface area contributed by atoms with Crippen molar-refractivity contribution in [2.24, 2.45) is 0 Å². The molecule has 96 valence electrons. The average Bonchev–Trinajstić information content (AvgIpc) is 2.88. The first-order chi connectivity index (χ1) is 9.26. The molecule has 0 heterocycles. The Balaban J connectivity index is 1.89. The lowest BCUT2D eigenvalue weighted by Crippen LogP contribution is -1.97. The van der Waals surface area contributed by atoms with Crippen molar-refractivity contribution >= 4 is 23.1 Å². The molecule has 3 nitrogen and oxygen atoms in total. The maximum atomic E-state index is 5.75. The Labute approximate surface area is 112 Å². The Hall–Kier alpha value is -2.42. The fourth-order valence-electron chi connectivity index (χ4n) is 2.30. The maximum absolute atomic E-state index is 5.75. The van der Waals surface area contributed by atoms with Crippen molar-refractivity contribution in [3.05, 3.63) is 53.6 Å². The SMILES string of the molecule is COc1cc(N)ccc1Nc1ccc2c(c1)CC=C2. The van der Waals surface area contributed by atoms with Crippen molar-refractivity contribution in [3.63, 3.8) is 0 Å². The van der Waals surface area contributed by atoms with Crippen LogP contribution in [0.3, 0.4) is 0 Å². The van der Waals surface area contributed by atoms with Gasteiger partial charge in [-0.25, -0.2) is 0 Å². The second-order valence-corrected chi connectivity index (χ2v) is 4.60. The van der Waals surface area contributed by atoms with Crippen LogP contribution >= 0.6 is 0 Å². The Morgan fingerprint density at radius 1 is 1.16 bits per heavy atom. The molecule has 0 aliphatic heterocycles. The summed E-state index contributed by atoms with van der Waals surface area (Å²) >= 11 is 0. The Morgan fingerprint density at radius 2 is 2.05 bits per heavy atom. The normalized spacial score (nSPS) is 12.3. The minimum atomic E-state index is 0.695. The Morgan fingerprint density at radius 3 is 2.89 bits per heavy atom. The minimum absolute atomic E-state index is 0.695. The highest BCUT2D eigenvalue weighted by atomic mass is 16.5. The molecule has 0 radical (unpaired) electrons. The number of ether oxygens (including phenoxy) is 1. The second-order valence-electron chi connectivity index (χ2n) is 4.60. The van der Waals surface area contributed by atoms with Crippen molar-refractivity contribution in [1.29, 1.82) is 0 Å². The molecular formula is C16H16N2O. The van der Waals surface area contributed by atoms with Crippen LogP contribution in [-0.2, 0) is 6.42 Å². The molecular weight excluding hydrogens is 236 g/mol. The fraction of sp³-hybridized carbons (Fsp3) is 0.125. The molecule has 0 atom stereocenters. The van der Waals surface area contributed by atoms with Gasteiger partial charge in [0.25, 0.3) is 0 Å². The van der Waals surface area contributed by atoms with Gasteiger partial charge in [0.05, 0.1) is 12.8 Å². The lowest BCUT2D eigenvalue weighted by molar-refractivity contribution is 0.417. The van der Waals surface area contributed by atoms with E-state index in [0.717, 1.165) is 23.5 Å². The number of allylic oxidation sites excluding steroid dienone is 1. The molecule has 0 saturated heterocycles. The molecule has 0 amide bonds. The van der Waals surface area contributed by atoms with Crippen LogP contribution in [0, 0.1) is 0 Å². The molecule has 3 N–H and O–H groups in total. The fourth-order valence-corrected chi connectivity index (χ4v) is 2.30. The van der Waals surface area contributed by atoms with E-state index in [1.54, 1.807) is 7.11 Å². The second kappa shape index (κ2) is 4.69. The van der Waals surface area contributed by atoms with Gasteiger partial charge in [-0.05, 0) is 41.8 Å². The summed E-state index contributed by atoms with van der Waals surface area (Å²) in [5, 5.41) is 3.37. The van der Waals surface area contributed by atoms with E-state index in [1.807, 2.05) is 18.2 Å². The maximum Gasteiger partial charge on any atom is 0.144 e. The predicted molar refractivity (Wildman–Crippen MR) is 79.9 cm³/mol. The van der Waals surface area contributed by atoms with Crippen LogP contribution in [0.15, 0.2) is 42.5 Å². The first kappa shape index (κ1) is 11.7. The molecule has 0 unspecified atom stereocenters. The van der Waals surface area contributed by atoms with E-state index in [4.69, 9.17) is 10.5 Å². The third kappa shape index (κ3) is 2.27. The molecule has 0 saturated carbocycles. The van der Waals surface area contributed by atoms with Crippen LogP contribution in [0.25, 0.3) is 6.08 Å². The topological polar surface area (TPSA) is 47.3 Å². The highest BCUT2D eigenvalue weighted by molar-refractivity contribution is 5.72. The van der Waals surface area contributed by atoms with Gasteiger partial charge in [0, 0.05) is 17.4 Å². The summed E-state index contributed by atoms with van der Waals surface area (Å²) in [6.45, 7) is 0. The van der Waals surface area contributed by atoms with Gasteiger partial charge in [0.15, 0.2) is 0 Å². The monoisotopic (exact) mass is 252 g/mol. The number of nitrogens with two attached hydrogens (primary N) is 1. The minimum Gasteiger partial charge on any atom is -0.494 e. The van der Waals surface area contributed by atoms with Gasteiger partial charge in [-0.3, -0.25) is 0 Å². The molecule has 3 rings (SSSR count). The van der Waals surface area contributed by atoms with Gasteiger partial charge >= 0.3 is 0 Å². The highest BCUT2D eigenvalue weighted by Gasteiger charge is 2.08. The lowest BCUT2D eigenvalue weighted by atomic mass is 10.1.